The normalized spacial score (nSPS) is 22.4. The predicted octanol–water partition coefficient (Wildman–Crippen LogP) is 1.69. The average molecular weight is 310 g/mol. The van der Waals surface area contributed by atoms with Crippen LogP contribution in [0.25, 0.3) is 0 Å². The summed E-state index contributed by atoms with van der Waals surface area (Å²) in [6.45, 7) is 3.59. The Kier molecular flexibility index (Phi) is 6.68. The van der Waals surface area contributed by atoms with Crippen LogP contribution in [-0.2, 0) is 9.59 Å². The Bertz CT molecular complexity index is 372. The highest BCUT2D eigenvalue weighted by atomic mass is 16.3. The van der Waals surface area contributed by atoms with Crippen molar-refractivity contribution in [2.24, 2.45) is 11.8 Å². The van der Waals surface area contributed by atoms with Crippen LogP contribution in [0.2, 0.25) is 0 Å². The molecule has 5 heteroatoms. The molecule has 2 N–H and O–H groups in total. The van der Waals surface area contributed by atoms with Gasteiger partial charge in [0.1, 0.15) is 0 Å². The molecule has 1 aliphatic heterocycles. The molecule has 126 valence electrons. The molecule has 0 aromatic carbocycles. The third kappa shape index (κ3) is 4.97. The van der Waals surface area contributed by atoms with Gasteiger partial charge in [-0.15, -0.1) is 0 Å². The summed E-state index contributed by atoms with van der Waals surface area (Å²) in [6.07, 6.45) is 7.64. The number of rotatable bonds is 5. The molecule has 2 amide bonds. The molecule has 1 atom stereocenters. The highest BCUT2D eigenvalue weighted by molar-refractivity contribution is 5.81. The van der Waals surface area contributed by atoms with E-state index in [2.05, 4.69) is 5.32 Å². The SMILES string of the molecule is CC(CC(=O)N1CCC(CO)CC1)NC(=O)C1CCCCC1. The maximum Gasteiger partial charge on any atom is 0.224 e. The minimum Gasteiger partial charge on any atom is -0.396 e. The molecule has 0 bridgehead atoms. The van der Waals surface area contributed by atoms with Crippen LogP contribution in [0.1, 0.15) is 58.3 Å². The van der Waals surface area contributed by atoms with Crippen LogP contribution in [-0.4, -0.2) is 47.6 Å². The zero-order valence-electron chi connectivity index (χ0n) is 13.7. The monoisotopic (exact) mass is 310 g/mol. The smallest absolute Gasteiger partial charge is 0.224 e. The van der Waals surface area contributed by atoms with E-state index in [9.17, 15) is 9.59 Å². The number of aliphatic hydroxyl groups excluding tert-OH is 1. The van der Waals surface area contributed by atoms with Gasteiger partial charge in [-0.3, -0.25) is 9.59 Å². The number of likely N-dealkylation sites (tertiary alicyclic amines) is 1. The first-order valence-corrected chi connectivity index (χ1v) is 8.79. The molecule has 1 saturated heterocycles. The van der Waals surface area contributed by atoms with Crippen molar-refractivity contribution in [1.29, 1.82) is 0 Å². The van der Waals surface area contributed by atoms with Gasteiger partial charge >= 0.3 is 0 Å². The van der Waals surface area contributed by atoms with Crippen molar-refractivity contribution >= 4 is 11.8 Å². The number of aliphatic hydroxyl groups is 1. The molecule has 2 rings (SSSR count). The summed E-state index contributed by atoms with van der Waals surface area (Å²) in [5.41, 5.74) is 0. The van der Waals surface area contributed by atoms with Gasteiger partial charge in [0.15, 0.2) is 0 Å². The first kappa shape index (κ1) is 17.3. The number of piperidine rings is 1. The number of nitrogens with one attached hydrogen (secondary N) is 1. The molecule has 1 unspecified atom stereocenters. The molecule has 2 fully saturated rings. The van der Waals surface area contributed by atoms with E-state index in [0.717, 1.165) is 51.6 Å². The van der Waals surface area contributed by atoms with Crippen molar-refractivity contribution in [3.63, 3.8) is 0 Å². The zero-order valence-corrected chi connectivity index (χ0v) is 13.7. The van der Waals surface area contributed by atoms with Gasteiger partial charge in [0, 0.05) is 38.1 Å². The predicted molar refractivity (Wildman–Crippen MR) is 85.2 cm³/mol. The Morgan fingerprint density at radius 2 is 1.77 bits per heavy atom. The lowest BCUT2D eigenvalue weighted by Gasteiger charge is -2.32. The maximum absolute atomic E-state index is 12.3. The standard InChI is InChI=1S/C17H30N2O3/c1-13(18-17(22)15-5-3-2-4-6-15)11-16(21)19-9-7-14(12-20)8-10-19/h13-15,20H,2-12H2,1H3,(H,18,22). The summed E-state index contributed by atoms with van der Waals surface area (Å²) in [5.74, 6) is 0.728. The van der Waals surface area contributed by atoms with Crippen LogP contribution in [0.3, 0.4) is 0 Å². The van der Waals surface area contributed by atoms with Crippen molar-refractivity contribution in [2.75, 3.05) is 19.7 Å². The second-order valence-corrected chi connectivity index (χ2v) is 6.96. The third-order valence-corrected chi connectivity index (χ3v) is 5.07. The molecule has 22 heavy (non-hydrogen) atoms. The Labute approximate surface area is 133 Å². The molecule has 0 spiro atoms. The number of carbonyl (C=O) groups excluding carboxylic acids is 2. The molecule has 5 nitrogen and oxygen atoms in total. The summed E-state index contributed by atoms with van der Waals surface area (Å²) in [5, 5.41) is 12.1. The Morgan fingerprint density at radius 1 is 1.14 bits per heavy atom. The fraction of sp³-hybridized carbons (Fsp3) is 0.882. The van der Waals surface area contributed by atoms with Gasteiger partial charge in [0.05, 0.1) is 0 Å². The van der Waals surface area contributed by atoms with Gasteiger partial charge in [-0.05, 0) is 38.5 Å². The Hall–Kier alpha value is -1.10. The molecule has 0 radical (unpaired) electrons. The highest BCUT2D eigenvalue weighted by Crippen LogP contribution is 2.24. The molecular formula is C17H30N2O3. The van der Waals surface area contributed by atoms with E-state index in [-0.39, 0.29) is 30.4 Å². The van der Waals surface area contributed by atoms with E-state index < -0.39 is 0 Å². The van der Waals surface area contributed by atoms with Gasteiger partial charge in [-0.25, -0.2) is 0 Å². The number of nitrogens with zero attached hydrogens (tertiary/aromatic N) is 1. The van der Waals surface area contributed by atoms with Gasteiger partial charge < -0.3 is 15.3 Å². The van der Waals surface area contributed by atoms with Crippen molar-refractivity contribution in [3.05, 3.63) is 0 Å². The van der Waals surface area contributed by atoms with E-state index in [1.807, 2.05) is 11.8 Å². The lowest BCUT2D eigenvalue weighted by Crippen LogP contribution is -2.44. The minimum absolute atomic E-state index is 0.0995. The van der Waals surface area contributed by atoms with Gasteiger partial charge in [-0.2, -0.15) is 0 Å². The van der Waals surface area contributed by atoms with Crippen LogP contribution in [0, 0.1) is 11.8 Å². The average Bonchev–Trinajstić information content (AvgIpc) is 2.55. The van der Waals surface area contributed by atoms with Crippen molar-refractivity contribution in [3.8, 4) is 0 Å². The van der Waals surface area contributed by atoms with E-state index >= 15 is 0 Å². The van der Waals surface area contributed by atoms with Crippen LogP contribution < -0.4 is 5.32 Å². The summed E-state index contributed by atoms with van der Waals surface area (Å²) in [7, 11) is 0. The van der Waals surface area contributed by atoms with Gasteiger partial charge in [0.25, 0.3) is 0 Å². The quantitative estimate of drug-likeness (QED) is 0.812. The Balaban J connectivity index is 1.70. The van der Waals surface area contributed by atoms with Crippen molar-refractivity contribution in [1.82, 2.24) is 10.2 Å². The molecule has 1 saturated carbocycles. The summed E-state index contributed by atoms with van der Waals surface area (Å²) < 4.78 is 0. The van der Waals surface area contributed by atoms with Crippen molar-refractivity contribution < 1.29 is 14.7 Å². The van der Waals surface area contributed by atoms with E-state index in [0.29, 0.717) is 12.3 Å². The van der Waals surface area contributed by atoms with E-state index in [1.54, 1.807) is 0 Å². The zero-order chi connectivity index (χ0) is 15.9. The first-order valence-electron chi connectivity index (χ1n) is 8.79. The largest absolute Gasteiger partial charge is 0.396 e. The second-order valence-electron chi connectivity index (χ2n) is 6.96. The van der Waals surface area contributed by atoms with Crippen molar-refractivity contribution in [2.45, 2.75) is 64.3 Å². The number of hydrogen-bond acceptors (Lipinski definition) is 3. The molecule has 1 heterocycles. The molecular weight excluding hydrogens is 280 g/mol. The summed E-state index contributed by atoms with van der Waals surface area (Å²) in [6, 6.07) is -0.0995. The van der Waals surface area contributed by atoms with Crippen LogP contribution in [0.4, 0.5) is 0 Å². The van der Waals surface area contributed by atoms with Crippen LogP contribution in [0.5, 0.6) is 0 Å². The molecule has 2 aliphatic rings. The fourth-order valence-corrected chi connectivity index (χ4v) is 3.53. The van der Waals surface area contributed by atoms with Gasteiger partial charge in [0.2, 0.25) is 11.8 Å². The molecule has 1 aliphatic carbocycles. The number of amides is 2. The molecule has 0 aromatic rings. The number of carbonyl (C=O) groups is 2. The highest BCUT2D eigenvalue weighted by Gasteiger charge is 2.26. The lowest BCUT2D eigenvalue weighted by molar-refractivity contribution is -0.133. The van der Waals surface area contributed by atoms with Gasteiger partial charge in [-0.1, -0.05) is 19.3 Å². The van der Waals surface area contributed by atoms with E-state index in [1.165, 1.54) is 6.42 Å². The Morgan fingerprint density at radius 3 is 2.36 bits per heavy atom. The van der Waals surface area contributed by atoms with Crippen LogP contribution in [0.15, 0.2) is 0 Å². The van der Waals surface area contributed by atoms with Crippen LogP contribution >= 0.6 is 0 Å². The fourth-order valence-electron chi connectivity index (χ4n) is 3.53. The maximum atomic E-state index is 12.3. The molecule has 0 aromatic heterocycles. The lowest BCUT2D eigenvalue weighted by atomic mass is 9.88. The first-order chi connectivity index (χ1) is 10.6. The number of hydrogen-bond donors (Lipinski definition) is 2. The summed E-state index contributed by atoms with van der Waals surface area (Å²) in [4.78, 5) is 26.3. The third-order valence-electron chi connectivity index (χ3n) is 5.07. The minimum atomic E-state index is -0.0995. The second kappa shape index (κ2) is 8.51. The van der Waals surface area contributed by atoms with E-state index in [4.69, 9.17) is 5.11 Å². The topological polar surface area (TPSA) is 69.6 Å². The summed E-state index contributed by atoms with van der Waals surface area (Å²) >= 11 is 0.